The fourth-order valence-electron chi connectivity index (χ4n) is 2.34. The van der Waals surface area contributed by atoms with E-state index in [-0.39, 0.29) is 5.69 Å². The third-order valence-electron chi connectivity index (χ3n) is 3.54. The van der Waals surface area contributed by atoms with E-state index in [4.69, 9.17) is 0 Å². The van der Waals surface area contributed by atoms with Gasteiger partial charge in [-0.15, -0.1) is 6.58 Å². The highest BCUT2D eigenvalue weighted by Crippen LogP contribution is 2.20. The molecule has 6 heteroatoms. The van der Waals surface area contributed by atoms with E-state index < -0.39 is 11.6 Å². The number of rotatable bonds is 8. The molecule has 0 amide bonds. The van der Waals surface area contributed by atoms with Crippen molar-refractivity contribution in [3.05, 3.63) is 59.4 Å². The van der Waals surface area contributed by atoms with Crippen molar-refractivity contribution in [2.24, 2.45) is 0 Å². The molecular formula is C17H21F2N3S. The maximum Gasteiger partial charge on any atom is 0.151 e. The Balaban J connectivity index is 2.08. The highest BCUT2D eigenvalue weighted by molar-refractivity contribution is 7.99. The summed E-state index contributed by atoms with van der Waals surface area (Å²) in [5.74, 6) is 0.745. The molecule has 0 fully saturated rings. The molecule has 23 heavy (non-hydrogen) atoms. The maximum atomic E-state index is 14.0. The van der Waals surface area contributed by atoms with Crippen LogP contribution in [0.5, 0.6) is 0 Å². The maximum absolute atomic E-state index is 14.0. The molecule has 1 heterocycles. The van der Waals surface area contributed by atoms with Crippen molar-refractivity contribution in [2.75, 3.05) is 18.1 Å². The lowest BCUT2D eigenvalue weighted by molar-refractivity contribution is 0.572. The zero-order valence-corrected chi connectivity index (χ0v) is 14.2. The van der Waals surface area contributed by atoms with Crippen LogP contribution in [0, 0.1) is 25.5 Å². The summed E-state index contributed by atoms with van der Waals surface area (Å²) in [6.45, 7) is 9.04. The summed E-state index contributed by atoms with van der Waals surface area (Å²) in [5.41, 5.74) is 3.01. The van der Waals surface area contributed by atoms with Crippen molar-refractivity contribution in [2.45, 2.75) is 20.4 Å². The van der Waals surface area contributed by atoms with Gasteiger partial charge >= 0.3 is 0 Å². The van der Waals surface area contributed by atoms with Crippen molar-refractivity contribution in [1.29, 1.82) is 0 Å². The summed E-state index contributed by atoms with van der Waals surface area (Å²) in [6, 6.07) is 3.53. The summed E-state index contributed by atoms with van der Waals surface area (Å²) < 4.78 is 28.5. The summed E-state index contributed by atoms with van der Waals surface area (Å²) >= 11 is 1.82. The van der Waals surface area contributed by atoms with Crippen LogP contribution < -0.4 is 5.32 Å². The fraction of sp³-hybridized carbons (Fsp3) is 0.353. The van der Waals surface area contributed by atoms with Crippen molar-refractivity contribution in [1.82, 2.24) is 15.1 Å². The van der Waals surface area contributed by atoms with Crippen LogP contribution in [-0.4, -0.2) is 27.8 Å². The summed E-state index contributed by atoms with van der Waals surface area (Å²) in [4.78, 5) is 0. The molecule has 0 spiro atoms. The molecule has 0 atom stereocenters. The second kappa shape index (κ2) is 8.26. The molecule has 124 valence electrons. The normalized spacial score (nSPS) is 11.0. The summed E-state index contributed by atoms with van der Waals surface area (Å²) in [5, 5.41) is 7.76. The molecule has 1 aromatic carbocycles. The van der Waals surface area contributed by atoms with Crippen LogP contribution >= 0.6 is 11.8 Å². The number of nitrogens with one attached hydrogen (secondary N) is 1. The number of hydrogen-bond acceptors (Lipinski definition) is 3. The Bertz CT molecular complexity index is 683. The van der Waals surface area contributed by atoms with Crippen LogP contribution in [0.25, 0.3) is 5.69 Å². The number of thioether (sulfide) groups is 1. The molecule has 0 aliphatic heterocycles. The number of halogens is 2. The van der Waals surface area contributed by atoms with Crippen molar-refractivity contribution < 1.29 is 8.78 Å². The predicted octanol–water partition coefficient (Wildman–Crippen LogP) is 3.78. The van der Waals surface area contributed by atoms with Crippen LogP contribution in [0.15, 0.2) is 30.9 Å². The first-order chi connectivity index (χ1) is 11.0. The number of nitrogens with zero attached hydrogens (tertiary/aromatic N) is 2. The lowest BCUT2D eigenvalue weighted by atomic mass is 10.2. The molecule has 0 aliphatic rings. The van der Waals surface area contributed by atoms with Crippen molar-refractivity contribution in [3.8, 4) is 5.69 Å². The standard InChI is InChI=1S/C17H21F2N3S/c1-4-8-23-9-7-20-11-15-12(2)21-22(13(15)3)17-6-5-14(18)10-16(17)19/h4-6,10,20H,1,7-9,11H2,2-3H3. The summed E-state index contributed by atoms with van der Waals surface area (Å²) in [6.07, 6.45) is 1.89. The Morgan fingerprint density at radius 1 is 1.35 bits per heavy atom. The fourth-order valence-corrected chi connectivity index (χ4v) is 2.96. The molecule has 1 aromatic heterocycles. The van der Waals surface area contributed by atoms with Crippen LogP contribution in [0.1, 0.15) is 17.0 Å². The van der Waals surface area contributed by atoms with E-state index in [9.17, 15) is 8.78 Å². The van der Waals surface area contributed by atoms with E-state index in [0.29, 0.717) is 6.54 Å². The molecule has 0 unspecified atom stereocenters. The van der Waals surface area contributed by atoms with Crippen molar-refractivity contribution in [3.63, 3.8) is 0 Å². The number of benzene rings is 1. The minimum absolute atomic E-state index is 0.264. The van der Waals surface area contributed by atoms with E-state index >= 15 is 0 Å². The zero-order chi connectivity index (χ0) is 16.8. The first-order valence-electron chi connectivity index (χ1n) is 7.44. The van der Waals surface area contributed by atoms with Gasteiger partial charge in [-0.25, -0.2) is 13.5 Å². The van der Waals surface area contributed by atoms with Crippen LogP contribution in [0.2, 0.25) is 0 Å². The topological polar surface area (TPSA) is 29.9 Å². The van der Waals surface area contributed by atoms with E-state index in [1.54, 1.807) is 0 Å². The Morgan fingerprint density at radius 2 is 2.13 bits per heavy atom. The molecule has 0 saturated heterocycles. The molecule has 2 rings (SSSR count). The second-order valence-corrected chi connectivity index (χ2v) is 6.35. The van der Waals surface area contributed by atoms with Gasteiger partial charge in [0.25, 0.3) is 0 Å². The van der Waals surface area contributed by atoms with Gasteiger partial charge in [0.15, 0.2) is 5.82 Å². The molecule has 2 aromatic rings. The van der Waals surface area contributed by atoms with Crippen LogP contribution in [-0.2, 0) is 6.54 Å². The van der Waals surface area contributed by atoms with Gasteiger partial charge in [-0.05, 0) is 26.0 Å². The largest absolute Gasteiger partial charge is 0.312 e. The van der Waals surface area contributed by atoms with E-state index in [0.717, 1.165) is 41.1 Å². The number of aryl methyl sites for hydroxylation is 1. The molecule has 0 radical (unpaired) electrons. The van der Waals surface area contributed by atoms with Gasteiger partial charge in [0.2, 0.25) is 0 Å². The van der Waals surface area contributed by atoms with Gasteiger partial charge in [0.1, 0.15) is 11.5 Å². The van der Waals surface area contributed by atoms with Crippen LogP contribution in [0.3, 0.4) is 0 Å². The molecule has 0 aliphatic carbocycles. The minimum atomic E-state index is -0.615. The van der Waals surface area contributed by atoms with Gasteiger partial charge in [-0.2, -0.15) is 16.9 Å². The monoisotopic (exact) mass is 337 g/mol. The van der Waals surface area contributed by atoms with E-state index in [1.165, 1.54) is 16.8 Å². The lowest BCUT2D eigenvalue weighted by Gasteiger charge is -2.08. The van der Waals surface area contributed by atoms with Crippen molar-refractivity contribution >= 4 is 11.8 Å². The highest BCUT2D eigenvalue weighted by atomic mass is 32.2. The van der Waals surface area contributed by atoms with Gasteiger partial charge in [-0.3, -0.25) is 0 Å². The molecular weight excluding hydrogens is 316 g/mol. The highest BCUT2D eigenvalue weighted by Gasteiger charge is 2.15. The average Bonchev–Trinajstić information content (AvgIpc) is 2.78. The quantitative estimate of drug-likeness (QED) is 0.587. The van der Waals surface area contributed by atoms with Gasteiger partial charge < -0.3 is 5.32 Å². The zero-order valence-electron chi connectivity index (χ0n) is 13.4. The third-order valence-corrected chi connectivity index (χ3v) is 4.50. The van der Waals surface area contributed by atoms with Gasteiger partial charge in [-0.1, -0.05) is 6.08 Å². The van der Waals surface area contributed by atoms with E-state index in [1.807, 2.05) is 31.7 Å². The Morgan fingerprint density at radius 3 is 2.83 bits per heavy atom. The summed E-state index contributed by atoms with van der Waals surface area (Å²) in [7, 11) is 0. The third kappa shape index (κ3) is 4.42. The molecule has 0 saturated carbocycles. The van der Waals surface area contributed by atoms with Crippen LogP contribution in [0.4, 0.5) is 8.78 Å². The Labute approximate surface area is 139 Å². The molecule has 0 bridgehead atoms. The predicted molar refractivity (Wildman–Crippen MR) is 92.2 cm³/mol. The number of aromatic nitrogens is 2. The minimum Gasteiger partial charge on any atom is -0.312 e. The Kier molecular flexibility index (Phi) is 6.36. The number of hydrogen-bond donors (Lipinski definition) is 1. The van der Waals surface area contributed by atoms with Gasteiger partial charge in [0, 0.05) is 41.9 Å². The lowest BCUT2D eigenvalue weighted by Crippen LogP contribution is -2.17. The molecule has 3 nitrogen and oxygen atoms in total. The smallest absolute Gasteiger partial charge is 0.151 e. The molecule has 1 N–H and O–H groups in total. The SMILES string of the molecule is C=CCSCCNCc1c(C)nn(-c2ccc(F)cc2F)c1C. The van der Waals surface area contributed by atoms with E-state index in [2.05, 4.69) is 17.0 Å². The first-order valence-corrected chi connectivity index (χ1v) is 8.60. The second-order valence-electron chi connectivity index (χ2n) is 5.20. The Hall–Kier alpha value is -1.66. The first kappa shape index (κ1) is 17.7. The average molecular weight is 337 g/mol. The van der Waals surface area contributed by atoms with Gasteiger partial charge in [0.05, 0.1) is 5.69 Å².